The summed E-state index contributed by atoms with van der Waals surface area (Å²) in [6, 6.07) is 5.21. The summed E-state index contributed by atoms with van der Waals surface area (Å²) in [4.78, 5) is 4.27. The van der Waals surface area contributed by atoms with E-state index < -0.39 is 20.0 Å². The number of hydrogen-bond acceptors (Lipinski definition) is 7. The number of aromatic nitrogens is 1. The average molecular weight is 418 g/mol. The summed E-state index contributed by atoms with van der Waals surface area (Å²) in [5, 5.41) is 2.51. The monoisotopic (exact) mass is 417 g/mol. The van der Waals surface area contributed by atoms with Crippen molar-refractivity contribution in [2.75, 3.05) is 26.3 Å². The van der Waals surface area contributed by atoms with E-state index in [4.69, 9.17) is 4.74 Å². The summed E-state index contributed by atoms with van der Waals surface area (Å²) in [7, 11) is -7.40. The van der Waals surface area contributed by atoms with Gasteiger partial charge >= 0.3 is 0 Å². The number of nitrogens with zero attached hydrogens (tertiary/aromatic N) is 2. The first-order valence-corrected chi connectivity index (χ1v) is 11.7. The van der Waals surface area contributed by atoms with Crippen LogP contribution in [-0.4, -0.2) is 52.4 Å². The Labute approximate surface area is 156 Å². The molecule has 0 aliphatic carbocycles. The van der Waals surface area contributed by atoms with Gasteiger partial charge in [-0.2, -0.15) is 4.31 Å². The van der Waals surface area contributed by atoms with Crippen LogP contribution in [0.2, 0.25) is 0 Å². The molecule has 1 aromatic carbocycles. The number of ether oxygens (including phenoxy) is 1. The van der Waals surface area contributed by atoms with Crippen LogP contribution in [0.15, 0.2) is 39.4 Å². The van der Waals surface area contributed by atoms with E-state index in [-0.39, 0.29) is 29.4 Å². The summed E-state index contributed by atoms with van der Waals surface area (Å²) in [5.41, 5.74) is 0.835. The summed E-state index contributed by atoms with van der Waals surface area (Å²) in [6.07, 6.45) is 0. The molecule has 0 bridgehead atoms. The Balaban J connectivity index is 1.73. The summed E-state index contributed by atoms with van der Waals surface area (Å²) in [6.45, 7) is 3.21. The second kappa shape index (κ2) is 7.71. The van der Waals surface area contributed by atoms with Crippen molar-refractivity contribution in [1.29, 1.82) is 0 Å². The lowest BCUT2D eigenvalue weighted by molar-refractivity contribution is 0.0730. The van der Waals surface area contributed by atoms with Gasteiger partial charge in [-0.3, -0.25) is 0 Å². The van der Waals surface area contributed by atoms with Gasteiger partial charge in [0.25, 0.3) is 0 Å². The molecule has 1 aromatic heterocycles. The fourth-order valence-electron chi connectivity index (χ4n) is 2.45. The molecule has 0 amide bonds. The highest BCUT2D eigenvalue weighted by Gasteiger charge is 2.26. The molecule has 11 heteroatoms. The van der Waals surface area contributed by atoms with Crippen molar-refractivity contribution >= 4 is 31.4 Å². The predicted octanol–water partition coefficient (Wildman–Crippen LogP) is 0.951. The zero-order valence-corrected chi connectivity index (χ0v) is 16.5. The van der Waals surface area contributed by atoms with Crippen LogP contribution in [0.3, 0.4) is 0 Å². The standard InChI is InChI=1S/C15H19N3O5S3/c1-12-11-24-15(17-12)10-16-25(19,20)13-2-4-14(5-3-13)26(21,22)18-6-8-23-9-7-18/h2-5,11,16H,6-10H2,1H3. The Hall–Kier alpha value is -1.37. The second-order valence-corrected chi connectivity index (χ2v) is 10.3. The first-order chi connectivity index (χ1) is 12.3. The van der Waals surface area contributed by atoms with Crippen LogP contribution in [0, 0.1) is 6.92 Å². The molecule has 3 rings (SSSR count). The summed E-state index contributed by atoms with van der Waals surface area (Å²) in [5.74, 6) is 0. The SMILES string of the molecule is Cc1csc(CNS(=O)(=O)c2ccc(S(=O)(=O)N3CCOCC3)cc2)n1. The van der Waals surface area contributed by atoms with E-state index in [0.29, 0.717) is 18.2 Å². The van der Waals surface area contributed by atoms with Crippen LogP contribution < -0.4 is 4.72 Å². The third kappa shape index (κ3) is 4.30. The lowest BCUT2D eigenvalue weighted by Crippen LogP contribution is -2.40. The van der Waals surface area contributed by atoms with Crippen molar-refractivity contribution in [2.45, 2.75) is 23.3 Å². The van der Waals surface area contributed by atoms with Crippen LogP contribution in [0.4, 0.5) is 0 Å². The van der Waals surface area contributed by atoms with E-state index in [1.54, 1.807) is 0 Å². The molecule has 26 heavy (non-hydrogen) atoms. The first-order valence-electron chi connectivity index (χ1n) is 7.88. The van der Waals surface area contributed by atoms with Gasteiger partial charge < -0.3 is 4.74 Å². The van der Waals surface area contributed by atoms with E-state index in [2.05, 4.69) is 9.71 Å². The topological polar surface area (TPSA) is 106 Å². The largest absolute Gasteiger partial charge is 0.379 e. The summed E-state index contributed by atoms with van der Waals surface area (Å²) < 4.78 is 58.8. The fourth-order valence-corrected chi connectivity index (χ4v) is 5.65. The Morgan fingerprint density at radius 1 is 1.12 bits per heavy atom. The van der Waals surface area contributed by atoms with E-state index in [1.807, 2.05) is 12.3 Å². The van der Waals surface area contributed by atoms with Crippen LogP contribution in [0.1, 0.15) is 10.7 Å². The molecule has 1 aliphatic rings. The molecule has 2 aromatic rings. The molecule has 0 atom stereocenters. The molecule has 1 aliphatic heterocycles. The normalized spacial score (nSPS) is 16.7. The maximum atomic E-state index is 12.6. The van der Waals surface area contributed by atoms with Gasteiger partial charge in [0.15, 0.2) is 0 Å². The molecule has 142 valence electrons. The Morgan fingerprint density at radius 2 is 1.73 bits per heavy atom. The van der Waals surface area contributed by atoms with Crippen molar-refractivity contribution in [3.63, 3.8) is 0 Å². The Morgan fingerprint density at radius 3 is 2.31 bits per heavy atom. The maximum Gasteiger partial charge on any atom is 0.243 e. The van der Waals surface area contributed by atoms with Crippen molar-refractivity contribution in [1.82, 2.24) is 14.0 Å². The van der Waals surface area contributed by atoms with Crippen molar-refractivity contribution < 1.29 is 21.6 Å². The quantitative estimate of drug-likeness (QED) is 0.750. The zero-order valence-electron chi connectivity index (χ0n) is 14.1. The van der Waals surface area contributed by atoms with Gasteiger partial charge in [0.05, 0.1) is 29.5 Å². The molecule has 8 nitrogen and oxygen atoms in total. The molecule has 1 N–H and O–H groups in total. The molecule has 0 radical (unpaired) electrons. The van der Waals surface area contributed by atoms with Crippen LogP contribution >= 0.6 is 11.3 Å². The molecule has 1 fully saturated rings. The highest BCUT2D eigenvalue weighted by molar-refractivity contribution is 7.89. The molecule has 0 saturated carbocycles. The van der Waals surface area contributed by atoms with E-state index in [1.165, 1.54) is 39.9 Å². The number of thiazole rings is 1. The third-order valence-corrected chi connectivity index (χ3v) is 8.12. The van der Waals surface area contributed by atoms with Crippen LogP contribution in [0.25, 0.3) is 0 Å². The Kier molecular flexibility index (Phi) is 5.75. The van der Waals surface area contributed by atoms with Crippen molar-refractivity contribution in [2.24, 2.45) is 0 Å². The molecular weight excluding hydrogens is 398 g/mol. The molecule has 2 heterocycles. The van der Waals surface area contributed by atoms with Crippen LogP contribution in [0.5, 0.6) is 0 Å². The minimum Gasteiger partial charge on any atom is -0.379 e. The number of morpholine rings is 1. The van der Waals surface area contributed by atoms with Gasteiger partial charge in [0, 0.05) is 24.2 Å². The number of hydrogen-bond donors (Lipinski definition) is 1. The summed E-state index contributed by atoms with van der Waals surface area (Å²) >= 11 is 1.37. The average Bonchev–Trinajstić information content (AvgIpc) is 3.06. The Bertz CT molecular complexity index is 962. The minimum absolute atomic E-state index is 0.00621. The predicted molar refractivity (Wildman–Crippen MR) is 96.9 cm³/mol. The van der Waals surface area contributed by atoms with Gasteiger partial charge in [0.2, 0.25) is 20.0 Å². The molecular formula is C15H19N3O5S3. The highest BCUT2D eigenvalue weighted by atomic mass is 32.2. The third-order valence-electron chi connectivity index (χ3n) is 3.82. The van der Waals surface area contributed by atoms with Crippen LogP contribution in [-0.2, 0) is 31.3 Å². The molecule has 0 spiro atoms. The fraction of sp³-hybridized carbons (Fsp3) is 0.400. The number of sulfonamides is 2. The smallest absolute Gasteiger partial charge is 0.243 e. The maximum absolute atomic E-state index is 12.6. The van der Waals surface area contributed by atoms with Gasteiger partial charge in [-0.25, -0.2) is 26.5 Å². The first kappa shape index (κ1) is 19.4. The number of aryl methyl sites for hydroxylation is 1. The highest BCUT2D eigenvalue weighted by Crippen LogP contribution is 2.20. The van der Waals surface area contributed by atoms with Gasteiger partial charge in [-0.15, -0.1) is 11.3 Å². The molecule has 0 unspecified atom stereocenters. The minimum atomic E-state index is -3.75. The number of benzene rings is 1. The number of nitrogens with one attached hydrogen (secondary N) is 1. The van der Waals surface area contributed by atoms with E-state index >= 15 is 0 Å². The molecule has 1 saturated heterocycles. The van der Waals surface area contributed by atoms with E-state index in [9.17, 15) is 16.8 Å². The van der Waals surface area contributed by atoms with Gasteiger partial charge in [-0.05, 0) is 31.2 Å². The van der Waals surface area contributed by atoms with Gasteiger partial charge in [-0.1, -0.05) is 0 Å². The van der Waals surface area contributed by atoms with Crippen molar-refractivity contribution in [3.8, 4) is 0 Å². The lowest BCUT2D eigenvalue weighted by Gasteiger charge is -2.26. The number of rotatable bonds is 6. The van der Waals surface area contributed by atoms with Gasteiger partial charge in [0.1, 0.15) is 5.01 Å². The van der Waals surface area contributed by atoms with E-state index in [0.717, 1.165) is 5.69 Å². The second-order valence-electron chi connectivity index (χ2n) is 5.70. The lowest BCUT2D eigenvalue weighted by atomic mass is 10.4. The van der Waals surface area contributed by atoms with Crippen molar-refractivity contribution in [3.05, 3.63) is 40.3 Å². The zero-order chi connectivity index (χ0) is 18.8.